The Bertz CT molecular complexity index is 825. The Balaban J connectivity index is 1.53. The highest BCUT2D eigenvalue weighted by Crippen LogP contribution is 2.34. The molecule has 1 saturated heterocycles. The van der Waals surface area contributed by atoms with Gasteiger partial charge in [0.25, 0.3) is 5.69 Å². The van der Waals surface area contributed by atoms with Crippen LogP contribution in [-0.2, 0) is 30.4 Å². The molecule has 1 amide bonds. The lowest BCUT2D eigenvalue weighted by Crippen LogP contribution is -2.67. The number of nitro groups is 1. The van der Waals surface area contributed by atoms with Crippen molar-refractivity contribution in [2.75, 3.05) is 7.11 Å². The lowest BCUT2D eigenvalue weighted by atomic mass is 9.71. The summed E-state index contributed by atoms with van der Waals surface area (Å²) < 4.78 is 15.5. The van der Waals surface area contributed by atoms with Crippen LogP contribution < -0.4 is 5.32 Å². The fourth-order valence-corrected chi connectivity index (χ4v) is 4.03. The van der Waals surface area contributed by atoms with Gasteiger partial charge in [-0.3, -0.25) is 19.7 Å². The second-order valence-corrected chi connectivity index (χ2v) is 7.51. The third-order valence-corrected chi connectivity index (χ3v) is 5.67. The Morgan fingerprint density at radius 3 is 2.57 bits per heavy atom. The quantitative estimate of drug-likeness (QED) is 0.307. The molecule has 2 aliphatic rings. The van der Waals surface area contributed by atoms with Crippen molar-refractivity contribution >= 4 is 23.5 Å². The van der Waals surface area contributed by atoms with Crippen LogP contribution in [-0.4, -0.2) is 48.1 Å². The van der Waals surface area contributed by atoms with Crippen molar-refractivity contribution in [3.8, 4) is 0 Å². The molecule has 0 unspecified atom stereocenters. The van der Waals surface area contributed by atoms with Crippen LogP contribution in [0.2, 0.25) is 0 Å². The van der Waals surface area contributed by atoms with E-state index < -0.39 is 35.2 Å². The molecule has 1 aliphatic heterocycles. The van der Waals surface area contributed by atoms with Crippen LogP contribution in [0.5, 0.6) is 0 Å². The molecule has 1 aliphatic carbocycles. The van der Waals surface area contributed by atoms with Crippen molar-refractivity contribution in [2.45, 2.75) is 51.0 Å². The van der Waals surface area contributed by atoms with E-state index in [1.807, 2.05) is 0 Å². The van der Waals surface area contributed by atoms with Crippen LogP contribution in [0.3, 0.4) is 0 Å². The van der Waals surface area contributed by atoms with Gasteiger partial charge in [-0.1, -0.05) is 0 Å². The van der Waals surface area contributed by atoms with Gasteiger partial charge in [-0.05, 0) is 43.9 Å². The average molecular weight is 420 g/mol. The van der Waals surface area contributed by atoms with Crippen molar-refractivity contribution in [1.82, 2.24) is 5.32 Å². The summed E-state index contributed by atoms with van der Waals surface area (Å²) in [5.41, 5.74) is 0.493. The predicted molar refractivity (Wildman–Crippen MR) is 102 cm³/mol. The number of hydrogen-bond acceptors (Lipinski definition) is 8. The minimum Gasteiger partial charge on any atom is -0.430 e. The van der Waals surface area contributed by atoms with Gasteiger partial charge in [-0.15, -0.1) is 0 Å². The summed E-state index contributed by atoms with van der Waals surface area (Å²) in [6.45, 7) is 1.46. The molecular weight excluding hydrogens is 396 g/mol. The molecule has 2 fully saturated rings. The first-order valence-corrected chi connectivity index (χ1v) is 9.75. The molecule has 162 valence electrons. The van der Waals surface area contributed by atoms with Gasteiger partial charge in [-0.2, -0.15) is 0 Å². The third kappa shape index (κ3) is 4.59. The second-order valence-electron chi connectivity index (χ2n) is 7.51. The van der Waals surface area contributed by atoms with E-state index in [0.717, 1.165) is 6.42 Å². The second kappa shape index (κ2) is 9.21. The molecule has 0 spiro atoms. The van der Waals surface area contributed by atoms with Crippen molar-refractivity contribution in [3.63, 3.8) is 0 Å². The Labute approximate surface area is 173 Å². The maximum atomic E-state index is 12.6. The summed E-state index contributed by atoms with van der Waals surface area (Å²) in [7, 11) is 1.49. The van der Waals surface area contributed by atoms with Crippen molar-refractivity contribution in [3.05, 3.63) is 39.9 Å². The number of nitrogens with one attached hydrogen (secondary N) is 1. The maximum absolute atomic E-state index is 12.6. The maximum Gasteiger partial charge on any atom is 0.508 e. The highest BCUT2D eigenvalue weighted by atomic mass is 16.7. The summed E-state index contributed by atoms with van der Waals surface area (Å²) in [5.74, 6) is -1.32. The minimum absolute atomic E-state index is 0.0355. The number of carbonyl (C=O) groups is 3. The zero-order valence-electron chi connectivity index (χ0n) is 16.7. The van der Waals surface area contributed by atoms with E-state index in [2.05, 4.69) is 5.32 Å². The molecule has 0 bridgehead atoms. The summed E-state index contributed by atoms with van der Waals surface area (Å²) in [5, 5.41) is 13.4. The molecule has 1 aromatic carbocycles. The molecule has 3 rings (SSSR count). The fourth-order valence-electron chi connectivity index (χ4n) is 4.03. The molecule has 0 radical (unpaired) electrons. The first-order chi connectivity index (χ1) is 14.3. The van der Waals surface area contributed by atoms with Crippen LogP contribution >= 0.6 is 0 Å². The summed E-state index contributed by atoms with van der Waals surface area (Å²) in [6, 6.07) is 5.17. The number of ketones is 1. The standard InChI is InChI=1S/C20H24N2O8/c1-11(30-20(25)29-10-12-6-8-13(9-7-12)22(26)27)16-17(21-19(16)24)14-4-3-5-15(28-2)18(14)23/h6-9,11,14-17H,3-5,10H2,1-2H3,(H,21,24)/t11-,14-,15+,16-,17-/m1/s1. The molecule has 1 saturated carbocycles. The number of hydrogen-bond donors (Lipinski definition) is 1. The number of rotatable bonds is 7. The first-order valence-electron chi connectivity index (χ1n) is 9.75. The number of nitrogens with zero attached hydrogens (tertiary/aromatic N) is 1. The number of amides is 1. The highest BCUT2D eigenvalue weighted by Gasteiger charge is 2.51. The number of methoxy groups -OCH3 is 1. The Morgan fingerprint density at radius 2 is 1.97 bits per heavy atom. The SMILES string of the molecule is CO[C@H]1CCC[C@H]([C@H]2NC(=O)[C@@H]2[C@@H](C)OC(=O)OCc2ccc([N+](=O)[O-])cc2)C1=O. The number of carbonyl (C=O) groups excluding carboxylic acids is 3. The van der Waals surface area contributed by atoms with E-state index in [9.17, 15) is 24.5 Å². The fraction of sp³-hybridized carbons (Fsp3) is 0.550. The number of non-ortho nitro benzene ring substituents is 1. The van der Waals surface area contributed by atoms with E-state index in [0.29, 0.717) is 18.4 Å². The lowest BCUT2D eigenvalue weighted by molar-refractivity contribution is -0.384. The van der Waals surface area contributed by atoms with E-state index in [1.54, 1.807) is 6.92 Å². The first kappa shape index (κ1) is 21.7. The molecular formula is C20H24N2O8. The van der Waals surface area contributed by atoms with Gasteiger partial charge >= 0.3 is 6.16 Å². The van der Waals surface area contributed by atoms with E-state index in [-0.39, 0.29) is 29.9 Å². The largest absolute Gasteiger partial charge is 0.508 e. The number of Topliss-reactive ketones (excluding diaryl/α,β-unsaturated/α-hetero) is 1. The van der Waals surface area contributed by atoms with E-state index in [4.69, 9.17) is 14.2 Å². The van der Waals surface area contributed by atoms with E-state index >= 15 is 0 Å². The normalized spacial score (nSPS) is 26.9. The number of ether oxygens (including phenoxy) is 3. The van der Waals surface area contributed by atoms with Gasteiger partial charge in [0.2, 0.25) is 5.91 Å². The smallest absolute Gasteiger partial charge is 0.430 e. The molecule has 5 atom stereocenters. The lowest BCUT2D eigenvalue weighted by Gasteiger charge is -2.45. The van der Waals surface area contributed by atoms with Gasteiger partial charge in [0, 0.05) is 25.2 Å². The number of nitro benzene ring substituents is 1. The van der Waals surface area contributed by atoms with Gasteiger partial charge in [0.1, 0.15) is 18.8 Å². The summed E-state index contributed by atoms with van der Waals surface area (Å²) >= 11 is 0. The van der Waals surface area contributed by atoms with Crippen molar-refractivity contribution in [2.24, 2.45) is 11.8 Å². The van der Waals surface area contributed by atoms with Crippen LogP contribution in [0.4, 0.5) is 10.5 Å². The number of benzene rings is 1. The van der Waals surface area contributed by atoms with Crippen LogP contribution in [0.25, 0.3) is 0 Å². The van der Waals surface area contributed by atoms with Gasteiger partial charge in [-0.25, -0.2) is 4.79 Å². The predicted octanol–water partition coefficient (Wildman–Crippen LogP) is 2.14. The Morgan fingerprint density at radius 1 is 1.27 bits per heavy atom. The Kier molecular flexibility index (Phi) is 6.66. The zero-order chi connectivity index (χ0) is 21.8. The van der Waals surface area contributed by atoms with Gasteiger partial charge < -0.3 is 19.5 Å². The highest BCUT2D eigenvalue weighted by molar-refractivity contribution is 5.93. The number of β-lactam (4-membered cyclic amide) rings is 1. The van der Waals surface area contributed by atoms with Crippen LogP contribution in [0, 0.1) is 22.0 Å². The molecule has 0 aromatic heterocycles. The summed E-state index contributed by atoms with van der Waals surface area (Å²) in [6.07, 6.45) is -0.0615. The molecule has 30 heavy (non-hydrogen) atoms. The minimum atomic E-state index is -0.955. The van der Waals surface area contributed by atoms with Gasteiger partial charge in [0.15, 0.2) is 5.78 Å². The molecule has 1 heterocycles. The van der Waals surface area contributed by atoms with Crippen molar-refractivity contribution in [1.29, 1.82) is 0 Å². The summed E-state index contributed by atoms with van der Waals surface area (Å²) in [4.78, 5) is 46.8. The third-order valence-electron chi connectivity index (χ3n) is 5.67. The molecule has 1 N–H and O–H groups in total. The van der Waals surface area contributed by atoms with Gasteiger partial charge in [0.05, 0.1) is 16.9 Å². The molecule has 1 aromatic rings. The van der Waals surface area contributed by atoms with Crippen molar-refractivity contribution < 1.29 is 33.5 Å². The topological polar surface area (TPSA) is 134 Å². The average Bonchev–Trinajstić information content (AvgIpc) is 2.71. The molecule has 10 nitrogen and oxygen atoms in total. The van der Waals surface area contributed by atoms with E-state index in [1.165, 1.54) is 31.4 Å². The zero-order valence-corrected chi connectivity index (χ0v) is 16.7. The van der Waals surface area contributed by atoms with Crippen LogP contribution in [0.15, 0.2) is 24.3 Å². The Hall–Kier alpha value is -3.01. The van der Waals surface area contributed by atoms with Crippen LogP contribution in [0.1, 0.15) is 31.7 Å². The monoisotopic (exact) mass is 420 g/mol. The molecule has 10 heteroatoms.